The molecule has 1 atom stereocenters. The Balaban J connectivity index is 2.27. The molecule has 0 aliphatic carbocycles. The number of hydrogen-bond acceptors (Lipinski definition) is 3. The highest BCUT2D eigenvalue weighted by atomic mass is 15.0. The number of pyridine rings is 1. The van der Waals surface area contributed by atoms with Crippen molar-refractivity contribution in [3.63, 3.8) is 0 Å². The number of hydrogen-bond donors (Lipinski definition) is 2. The molecule has 0 aliphatic heterocycles. The third kappa shape index (κ3) is 4.01. The summed E-state index contributed by atoms with van der Waals surface area (Å²) in [6.07, 6.45) is 1.82. The van der Waals surface area contributed by atoms with Crippen molar-refractivity contribution in [2.45, 2.75) is 19.5 Å². The predicted octanol–water partition coefficient (Wildman–Crippen LogP) is 0.779. The number of likely N-dealkylation sites (N-methyl/N-ethyl adjacent to an activating group) is 1. The van der Waals surface area contributed by atoms with E-state index in [1.165, 1.54) is 0 Å². The highest BCUT2D eigenvalue weighted by Gasteiger charge is 1.99. The normalized spacial score (nSPS) is 12.8. The van der Waals surface area contributed by atoms with Crippen molar-refractivity contribution in [1.82, 2.24) is 15.6 Å². The third-order valence-corrected chi connectivity index (χ3v) is 1.87. The van der Waals surface area contributed by atoms with Crippen molar-refractivity contribution in [2.75, 3.05) is 13.6 Å². The summed E-state index contributed by atoms with van der Waals surface area (Å²) >= 11 is 0. The van der Waals surface area contributed by atoms with E-state index in [1.54, 1.807) is 0 Å². The molecule has 3 heteroatoms. The fraction of sp³-hybridized carbons (Fsp3) is 0.500. The van der Waals surface area contributed by atoms with Crippen LogP contribution in [0.25, 0.3) is 0 Å². The Hall–Kier alpha value is -0.930. The Bertz CT molecular complexity index is 223. The van der Waals surface area contributed by atoms with Crippen LogP contribution in [0.3, 0.4) is 0 Å². The smallest absolute Gasteiger partial charge is 0.0541 e. The molecule has 1 unspecified atom stereocenters. The van der Waals surface area contributed by atoms with Crippen LogP contribution in [0.4, 0.5) is 0 Å². The van der Waals surface area contributed by atoms with Gasteiger partial charge in [-0.3, -0.25) is 4.98 Å². The number of aromatic nitrogens is 1. The minimum Gasteiger partial charge on any atom is -0.318 e. The van der Waals surface area contributed by atoms with Crippen LogP contribution in [0.1, 0.15) is 12.6 Å². The fourth-order valence-electron chi connectivity index (χ4n) is 1.16. The van der Waals surface area contributed by atoms with Crippen LogP contribution >= 0.6 is 0 Å². The second-order valence-corrected chi connectivity index (χ2v) is 3.16. The molecule has 0 bridgehead atoms. The quantitative estimate of drug-likeness (QED) is 0.701. The molecule has 0 fully saturated rings. The highest BCUT2D eigenvalue weighted by molar-refractivity contribution is 5.03. The fourth-order valence-corrected chi connectivity index (χ4v) is 1.16. The molecule has 0 aliphatic rings. The minimum atomic E-state index is 0.479. The molecule has 13 heavy (non-hydrogen) atoms. The van der Waals surface area contributed by atoms with E-state index in [2.05, 4.69) is 22.5 Å². The van der Waals surface area contributed by atoms with Crippen LogP contribution in [-0.4, -0.2) is 24.6 Å². The first-order chi connectivity index (χ1) is 6.33. The number of nitrogens with one attached hydrogen (secondary N) is 2. The van der Waals surface area contributed by atoms with Crippen LogP contribution in [0.5, 0.6) is 0 Å². The summed E-state index contributed by atoms with van der Waals surface area (Å²) in [6, 6.07) is 6.44. The lowest BCUT2D eigenvalue weighted by molar-refractivity contribution is 0.519. The lowest BCUT2D eigenvalue weighted by Crippen LogP contribution is -2.34. The zero-order chi connectivity index (χ0) is 9.52. The number of rotatable bonds is 5. The molecule has 72 valence electrons. The molecule has 1 heterocycles. The zero-order valence-corrected chi connectivity index (χ0v) is 8.25. The molecule has 0 radical (unpaired) electrons. The molecule has 0 saturated carbocycles. The summed E-state index contributed by atoms with van der Waals surface area (Å²) < 4.78 is 0. The van der Waals surface area contributed by atoms with Gasteiger partial charge < -0.3 is 10.6 Å². The molecule has 0 spiro atoms. The molecule has 1 rings (SSSR count). The summed E-state index contributed by atoms with van der Waals surface area (Å²) in [5.74, 6) is 0. The van der Waals surface area contributed by atoms with Gasteiger partial charge in [-0.1, -0.05) is 6.07 Å². The molecule has 1 aromatic heterocycles. The maximum atomic E-state index is 4.23. The SMILES string of the molecule is CNCC(C)NCc1ccccn1. The van der Waals surface area contributed by atoms with Crippen molar-refractivity contribution < 1.29 is 0 Å². The van der Waals surface area contributed by atoms with E-state index in [-0.39, 0.29) is 0 Å². The Morgan fingerprint density at radius 3 is 2.92 bits per heavy atom. The van der Waals surface area contributed by atoms with E-state index in [0.29, 0.717) is 6.04 Å². The topological polar surface area (TPSA) is 37.0 Å². The predicted molar refractivity (Wildman–Crippen MR) is 54.5 cm³/mol. The Morgan fingerprint density at radius 2 is 2.31 bits per heavy atom. The third-order valence-electron chi connectivity index (χ3n) is 1.87. The molecule has 0 saturated heterocycles. The van der Waals surface area contributed by atoms with Gasteiger partial charge in [-0.2, -0.15) is 0 Å². The Kier molecular flexibility index (Phi) is 4.43. The second kappa shape index (κ2) is 5.67. The van der Waals surface area contributed by atoms with E-state index in [4.69, 9.17) is 0 Å². The second-order valence-electron chi connectivity index (χ2n) is 3.16. The molecule has 2 N–H and O–H groups in total. The zero-order valence-electron chi connectivity index (χ0n) is 8.25. The van der Waals surface area contributed by atoms with Gasteiger partial charge in [0.05, 0.1) is 5.69 Å². The van der Waals surface area contributed by atoms with Crippen molar-refractivity contribution >= 4 is 0 Å². The molecular formula is C10H17N3. The van der Waals surface area contributed by atoms with Gasteiger partial charge in [-0.25, -0.2) is 0 Å². The van der Waals surface area contributed by atoms with Gasteiger partial charge in [0.25, 0.3) is 0 Å². The average molecular weight is 179 g/mol. The summed E-state index contributed by atoms with van der Waals surface area (Å²) in [7, 11) is 1.96. The minimum absolute atomic E-state index is 0.479. The summed E-state index contributed by atoms with van der Waals surface area (Å²) in [5.41, 5.74) is 1.09. The highest BCUT2D eigenvalue weighted by Crippen LogP contribution is 1.92. The van der Waals surface area contributed by atoms with E-state index >= 15 is 0 Å². The van der Waals surface area contributed by atoms with Crippen LogP contribution in [0.2, 0.25) is 0 Å². The monoisotopic (exact) mass is 179 g/mol. The number of nitrogens with zero attached hydrogens (tertiary/aromatic N) is 1. The van der Waals surface area contributed by atoms with Gasteiger partial charge in [-0.15, -0.1) is 0 Å². The first-order valence-corrected chi connectivity index (χ1v) is 4.61. The van der Waals surface area contributed by atoms with Crippen molar-refractivity contribution in [2.24, 2.45) is 0 Å². The maximum absolute atomic E-state index is 4.23. The van der Waals surface area contributed by atoms with E-state index < -0.39 is 0 Å². The Labute approximate surface area is 79.6 Å². The lowest BCUT2D eigenvalue weighted by Gasteiger charge is -2.12. The first-order valence-electron chi connectivity index (χ1n) is 4.61. The maximum Gasteiger partial charge on any atom is 0.0541 e. The van der Waals surface area contributed by atoms with Crippen molar-refractivity contribution in [3.8, 4) is 0 Å². The van der Waals surface area contributed by atoms with E-state index in [1.807, 2.05) is 31.4 Å². The van der Waals surface area contributed by atoms with Crippen molar-refractivity contribution in [1.29, 1.82) is 0 Å². The summed E-state index contributed by atoms with van der Waals surface area (Å²) in [4.78, 5) is 4.23. The van der Waals surface area contributed by atoms with Crippen LogP contribution in [0, 0.1) is 0 Å². The molecule has 1 aromatic rings. The molecular weight excluding hydrogens is 162 g/mol. The van der Waals surface area contributed by atoms with Crippen LogP contribution in [-0.2, 0) is 6.54 Å². The first kappa shape index (κ1) is 10.2. The molecule has 0 aromatic carbocycles. The van der Waals surface area contributed by atoms with Gasteiger partial charge >= 0.3 is 0 Å². The van der Waals surface area contributed by atoms with Gasteiger partial charge in [0.15, 0.2) is 0 Å². The van der Waals surface area contributed by atoms with E-state index in [9.17, 15) is 0 Å². The van der Waals surface area contributed by atoms with E-state index in [0.717, 1.165) is 18.8 Å². The largest absolute Gasteiger partial charge is 0.318 e. The van der Waals surface area contributed by atoms with Crippen LogP contribution < -0.4 is 10.6 Å². The van der Waals surface area contributed by atoms with Crippen molar-refractivity contribution in [3.05, 3.63) is 30.1 Å². The van der Waals surface area contributed by atoms with Gasteiger partial charge in [0, 0.05) is 25.3 Å². The molecule has 0 amide bonds. The lowest BCUT2D eigenvalue weighted by atomic mass is 10.3. The average Bonchev–Trinajstić information content (AvgIpc) is 2.17. The van der Waals surface area contributed by atoms with Gasteiger partial charge in [-0.05, 0) is 26.1 Å². The van der Waals surface area contributed by atoms with Crippen LogP contribution in [0.15, 0.2) is 24.4 Å². The molecule has 3 nitrogen and oxygen atoms in total. The van der Waals surface area contributed by atoms with Gasteiger partial charge in [0.1, 0.15) is 0 Å². The van der Waals surface area contributed by atoms with Gasteiger partial charge in [0.2, 0.25) is 0 Å². The Morgan fingerprint density at radius 1 is 1.46 bits per heavy atom. The summed E-state index contributed by atoms with van der Waals surface area (Å²) in [6.45, 7) is 3.97. The standard InChI is InChI=1S/C10H17N3/c1-9(7-11-2)13-8-10-5-3-4-6-12-10/h3-6,9,11,13H,7-8H2,1-2H3. The summed E-state index contributed by atoms with van der Waals surface area (Å²) in [5, 5.41) is 6.50.